The van der Waals surface area contributed by atoms with Crippen molar-refractivity contribution in [2.24, 2.45) is 4.99 Å². The van der Waals surface area contributed by atoms with Gasteiger partial charge in [0.15, 0.2) is 18.2 Å². The maximum atomic E-state index is 13.8. The van der Waals surface area contributed by atoms with Crippen LogP contribution in [0.5, 0.6) is 5.75 Å². The van der Waals surface area contributed by atoms with Crippen molar-refractivity contribution in [1.29, 1.82) is 0 Å². The van der Waals surface area contributed by atoms with Gasteiger partial charge in [-0.3, -0.25) is 28.7 Å². The number of aryl methyl sites for hydroxylation is 2. The lowest BCUT2D eigenvalue weighted by Gasteiger charge is -2.34. The molecule has 5 heterocycles. The number of carbonyl (C=O) groups is 4. The molecule has 0 radical (unpaired) electrons. The highest BCUT2D eigenvalue weighted by Crippen LogP contribution is 2.40. The summed E-state index contributed by atoms with van der Waals surface area (Å²) in [6.07, 6.45) is 2.54. The number of halogens is 1. The third kappa shape index (κ3) is 6.27. The van der Waals surface area contributed by atoms with Gasteiger partial charge < -0.3 is 19.9 Å². The molecule has 0 saturated carbocycles. The molecule has 3 aliphatic rings. The summed E-state index contributed by atoms with van der Waals surface area (Å²) < 4.78 is 7.35. The quantitative estimate of drug-likeness (QED) is 0.229. The van der Waals surface area contributed by atoms with Crippen LogP contribution in [-0.4, -0.2) is 86.6 Å². The number of fused-ring (bicyclic) bond motifs is 4. The molecule has 1 atom stereocenters. The number of hydrogen-bond acceptors (Lipinski definition) is 9. The number of nitrogens with zero attached hydrogens (tertiary/aromatic N) is 6. The van der Waals surface area contributed by atoms with E-state index >= 15 is 0 Å². The van der Waals surface area contributed by atoms with Gasteiger partial charge in [-0.05, 0) is 62.7 Å². The standard InChI is InChI=1S/C35H32ClN7O5S/c1-19-20(2)49-35-32(19)33(22-4-7-24(36)8-5-22)38-26(34-40-39-21(3)43(34)35)17-31(47)42-14-12-41(13-15-42)30(46)11-9-27(44)23-6-10-28-25(16-23)37-29(45)18-48-28/h4-11,16,26H,12-15,17-18H2,1-3H3,(H,37,45)/b11-9+/t26-/m0/s1. The Morgan fingerprint density at radius 1 is 1.00 bits per heavy atom. The van der Waals surface area contributed by atoms with Crippen molar-refractivity contribution in [3.8, 4) is 10.8 Å². The predicted octanol–water partition coefficient (Wildman–Crippen LogP) is 4.63. The van der Waals surface area contributed by atoms with Crippen LogP contribution in [0, 0.1) is 20.8 Å². The number of piperazine rings is 1. The predicted molar refractivity (Wildman–Crippen MR) is 185 cm³/mol. The molecule has 2 aromatic carbocycles. The minimum absolute atomic E-state index is 0.0778. The Kier molecular flexibility index (Phi) is 8.63. The normalized spacial score (nSPS) is 17.0. The van der Waals surface area contributed by atoms with Crippen LogP contribution in [0.1, 0.15) is 56.0 Å². The summed E-state index contributed by atoms with van der Waals surface area (Å²) in [6, 6.07) is 11.7. The lowest BCUT2D eigenvalue weighted by atomic mass is 9.99. The van der Waals surface area contributed by atoms with Gasteiger partial charge in [-0.2, -0.15) is 0 Å². The van der Waals surface area contributed by atoms with Crippen molar-refractivity contribution in [3.05, 3.63) is 98.4 Å². The van der Waals surface area contributed by atoms with Crippen LogP contribution in [0.25, 0.3) is 5.00 Å². The average Bonchev–Trinajstić information content (AvgIpc) is 3.58. The van der Waals surface area contributed by atoms with Crippen LogP contribution in [0.3, 0.4) is 0 Å². The van der Waals surface area contributed by atoms with E-state index in [4.69, 9.17) is 21.3 Å². The largest absolute Gasteiger partial charge is 0.482 e. The molecule has 1 saturated heterocycles. The fourth-order valence-corrected chi connectivity index (χ4v) is 7.53. The van der Waals surface area contributed by atoms with E-state index in [0.717, 1.165) is 32.3 Å². The second-order valence-electron chi connectivity index (χ2n) is 12.1. The molecule has 0 unspecified atom stereocenters. The fourth-order valence-electron chi connectivity index (χ4n) is 6.19. The molecule has 7 rings (SSSR count). The summed E-state index contributed by atoms with van der Waals surface area (Å²) in [5.74, 6) is 0.700. The van der Waals surface area contributed by atoms with Crippen molar-refractivity contribution in [3.63, 3.8) is 0 Å². The number of rotatable bonds is 6. The Morgan fingerprint density at radius 2 is 1.73 bits per heavy atom. The number of amides is 3. The number of allylic oxidation sites excluding steroid dienone is 1. The highest BCUT2D eigenvalue weighted by Gasteiger charge is 2.34. The molecular weight excluding hydrogens is 666 g/mol. The number of aliphatic imine (C=N–C) groups is 1. The Bertz CT molecular complexity index is 2080. The molecule has 0 bridgehead atoms. The number of anilines is 1. The van der Waals surface area contributed by atoms with E-state index < -0.39 is 6.04 Å². The first-order valence-electron chi connectivity index (χ1n) is 15.8. The third-order valence-corrected chi connectivity index (χ3v) is 10.4. The summed E-state index contributed by atoms with van der Waals surface area (Å²) in [7, 11) is 0. The van der Waals surface area contributed by atoms with Gasteiger partial charge in [0, 0.05) is 58.8 Å². The molecule has 12 nitrogen and oxygen atoms in total. The first kappa shape index (κ1) is 32.4. The zero-order valence-electron chi connectivity index (χ0n) is 27.0. The number of ketones is 1. The van der Waals surface area contributed by atoms with E-state index in [9.17, 15) is 19.2 Å². The van der Waals surface area contributed by atoms with E-state index in [1.807, 2.05) is 35.8 Å². The van der Waals surface area contributed by atoms with Crippen molar-refractivity contribution < 1.29 is 23.9 Å². The molecule has 3 aliphatic heterocycles. The van der Waals surface area contributed by atoms with E-state index in [2.05, 4.69) is 29.4 Å². The SMILES string of the molecule is Cc1sc2c(c1C)C(c1ccc(Cl)cc1)=N[C@@H](CC(=O)N1CCN(C(=O)/C=C/C(=O)c3ccc4c(c3)NC(=O)CO4)CC1)c1nnc(C)n1-2. The topological polar surface area (TPSA) is 139 Å². The molecule has 0 spiro atoms. The number of aromatic nitrogens is 3. The first-order chi connectivity index (χ1) is 23.6. The summed E-state index contributed by atoms with van der Waals surface area (Å²) in [5, 5.41) is 13.1. The van der Waals surface area contributed by atoms with Gasteiger partial charge in [-0.15, -0.1) is 21.5 Å². The van der Waals surface area contributed by atoms with Gasteiger partial charge >= 0.3 is 0 Å². The molecular formula is C35H32ClN7O5S. The van der Waals surface area contributed by atoms with E-state index in [0.29, 0.717) is 59.9 Å². The van der Waals surface area contributed by atoms with Crippen LogP contribution >= 0.6 is 22.9 Å². The highest BCUT2D eigenvalue weighted by molar-refractivity contribution is 7.15. The fraction of sp³-hybridized carbons (Fsp3) is 0.286. The minimum atomic E-state index is -0.587. The Morgan fingerprint density at radius 3 is 2.49 bits per heavy atom. The summed E-state index contributed by atoms with van der Waals surface area (Å²) >= 11 is 7.87. The molecule has 0 aliphatic carbocycles. The van der Waals surface area contributed by atoms with Crippen molar-refractivity contribution in [1.82, 2.24) is 24.6 Å². The molecule has 1 fully saturated rings. The van der Waals surface area contributed by atoms with E-state index in [1.165, 1.54) is 18.2 Å². The Balaban J connectivity index is 1.04. The maximum absolute atomic E-state index is 13.8. The summed E-state index contributed by atoms with van der Waals surface area (Å²) in [5.41, 5.74) is 4.51. The molecule has 14 heteroatoms. The first-order valence-corrected chi connectivity index (χ1v) is 17.0. The zero-order valence-corrected chi connectivity index (χ0v) is 28.6. The molecule has 1 N–H and O–H groups in total. The number of benzene rings is 2. The van der Waals surface area contributed by atoms with Crippen LogP contribution in [0.15, 0.2) is 59.6 Å². The van der Waals surface area contributed by atoms with Crippen molar-refractivity contribution in [2.75, 3.05) is 38.1 Å². The lowest BCUT2D eigenvalue weighted by molar-refractivity contribution is -0.137. The van der Waals surface area contributed by atoms with E-state index in [-0.39, 0.29) is 36.5 Å². The zero-order chi connectivity index (χ0) is 34.4. The van der Waals surface area contributed by atoms with Gasteiger partial charge in [0.25, 0.3) is 5.91 Å². The Hall–Kier alpha value is -5.14. The lowest BCUT2D eigenvalue weighted by Crippen LogP contribution is -2.50. The monoisotopic (exact) mass is 697 g/mol. The second kappa shape index (κ2) is 13.1. The van der Waals surface area contributed by atoms with Gasteiger partial charge in [0.1, 0.15) is 22.6 Å². The Labute approximate surface area is 291 Å². The van der Waals surface area contributed by atoms with Crippen LogP contribution in [0.4, 0.5) is 5.69 Å². The van der Waals surface area contributed by atoms with Crippen LogP contribution in [-0.2, 0) is 14.4 Å². The molecule has 250 valence electrons. The molecule has 4 aromatic rings. The van der Waals surface area contributed by atoms with E-state index in [1.54, 1.807) is 33.3 Å². The number of hydrogen-bond donors (Lipinski definition) is 1. The van der Waals surface area contributed by atoms with Gasteiger partial charge in [0.05, 0.1) is 17.8 Å². The number of carbonyl (C=O) groups excluding carboxylic acids is 4. The third-order valence-electron chi connectivity index (χ3n) is 8.94. The average molecular weight is 698 g/mol. The summed E-state index contributed by atoms with van der Waals surface area (Å²) in [6.45, 7) is 7.31. The molecule has 3 amide bonds. The minimum Gasteiger partial charge on any atom is -0.482 e. The number of thiophene rings is 1. The van der Waals surface area contributed by atoms with Gasteiger partial charge in [0.2, 0.25) is 11.8 Å². The van der Waals surface area contributed by atoms with Gasteiger partial charge in [-0.1, -0.05) is 23.7 Å². The van der Waals surface area contributed by atoms with Crippen molar-refractivity contribution >= 4 is 57.8 Å². The smallest absolute Gasteiger partial charge is 0.262 e. The number of ether oxygens (including phenoxy) is 1. The van der Waals surface area contributed by atoms with Crippen LogP contribution < -0.4 is 10.1 Å². The maximum Gasteiger partial charge on any atom is 0.262 e. The molecule has 49 heavy (non-hydrogen) atoms. The highest BCUT2D eigenvalue weighted by atomic mass is 35.5. The summed E-state index contributed by atoms with van der Waals surface area (Å²) in [4.78, 5) is 60.9. The number of nitrogens with one attached hydrogen (secondary N) is 1. The molecule has 2 aromatic heterocycles. The second-order valence-corrected chi connectivity index (χ2v) is 13.7. The van der Waals surface area contributed by atoms with Crippen molar-refractivity contribution in [2.45, 2.75) is 33.2 Å². The van der Waals surface area contributed by atoms with Crippen LogP contribution in [0.2, 0.25) is 5.02 Å². The van der Waals surface area contributed by atoms with Gasteiger partial charge in [-0.25, -0.2) is 0 Å².